The standard InChI is InChI=1S/C40H48N5O3.C13H9N2O4.Y/c1-7-8-9-21-44-22-24-45(25-23-44)38(47)31-15-13-29(14-16-31)26-35-39(48)43(6)27-36(41-35)33-11-10-12-34(28(33)2)42-37(46)30-17-19-32(20-18-30)40(3,4)5;16-10-6-5-9(11(17)14-10)15-12(18)7-3-1-2-4-8(7)13(15)19;/h10-20,27H,1,7-9,21-26H2,2-6H3,(H,42,46);1-3,9H,5-6H2,(H,14,16,17);/q2*-1;. The third-order valence-electron chi connectivity index (χ3n) is 12.5. The van der Waals surface area contributed by atoms with Gasteiger partial charge in [0.05, 0.1) is 5.69 Å². The number of hydrogen-bond acceptors (Lipinski definition) is 9. The second-order valence-corrected chi connectivity index (χ2v) is 18.2. The maximum absolute atomic E-state index is 13.2. The number of nitrogens with zero attached hydrogens (tertiary/aromatic N) is 5. The first-order chi connectivity index (χ1) is 32.0. The zero-order chi connectivity index (χ0) is 48.0. The van der Waals surface area contributed by atoms with Crippen molar-refractivity contribution in [3.63, 3.8) is 0 Å². The van der Waals surface area contributed by atoms with Crippen LogP contribution >= 0.6 is 0 Å². The van der Waals surface area contributed by atoms with Gasteiger partial charge in [-0.05, 0) is 84.3 Å². The van der Waals surface area contributed by atoms with Gasteiger partial charge in [-0.15, -0.1) is 24.3 Å². The average Bonchev–Trinajstić information content (AvgIpc) is 3.57. The summed E-state index contributed by atoms with van der Waals surface area (Å²) in [5.74, 6) is -2.18. The van der Waals surface area contributed by atoms with Gasteiger partial charge in [-0.2, -0.15) is 6.42 Å². The van der Waals surface area contributed by atoms with E-state index in [0.29, 0.717) is 34.6 Å². The number of imide groups is 2. The first kappa shape index (κ1) is 51.4. The smallest absolute Gasteiger partial charge is 0.272 e. The van der Waals surface area contributed by atoms with Crippen LogP contribution in [0.15, 0.2) is 95.9 Å². The number of piperazine rings is 1. The van der Waals surface area contributed by atoms with Gasteiger partial charge in [0.1, 0.15) is 11.7 Å². The van der Waals surface area contributed by atoms with Crippen LogP contribution in [0.5, 0.6) is 0 Å². The fraction of sp³-hybridized carbons (Fsp3) is 0.340. The first-order valence-corrected chi connectivity index (χ1v) is 22.7. The summed E-state index contributed by atoms with van der Waals surface area (Å²) in [7, 11) is 1.72. The quantitative estimate of drug-likeness (QED) is 0.0847. The molecule has 3 aliphatic heterocycles. The molecule has 2 fully saturated rings. The van der Waals surface area contributed by atoms with Crippen LogP contribution in [0.3, 0.4) is 0 Å². The largest absolute Gasteiger partial charge is 0.343 e. The first-order valence-electron chi connectivity index (χ1n) is 22.7. The normalized spacial score (nSPS) is 16.1. The van der Waals surface area contributed by atoms with Crippen molar-refractivity contribution >= 4 is 41.1 Å². The zero-order valence-corrected chi connectivity index (χ0v) is 42.2. The Bertz CT molecular complexity index is 2720. The van der Waals surface area contributed by atoms with Crippen LogP contribution in [0.2, 0.25) is 0 Å². The van der Waals surface area contributed by atoms with Crippen LogP contribution < -0.4 is 16.2 Å². The maximum atomic E-state index is 13.2. The molecule has 14 nitrogen and oxygen atoms in total. The third kappa shape index (κ3) is 11.8. The summed E-state index contributed by atoms with van der Waals surface area (Å²) in [5.41, 5.74) is 6.99. The second kappa shape index (κ2) is 22.4. The molecule has 0 aliphatic carbocycles. The number of anilines is 1. The number of piperidine rings is 1. The average molecular weight is 993 g/mol. The summed E-state index contributed by atoms with van der Waals surface area (Å²) in [4.78, 5) is 96.7. The van der Waals surface area contributed by atoms with Gasteiger partial charge in [0.25, 0.3) is 17.4 Å². The van der Waals surface area contributed by atoms with Gasteiger partial charge < -0.3 is 31.4 Å². The minimum Gasteiger partial charge on any atom is -0.343 e. The summed E-state index contributed by atoms with van der Waals surface area (Å²) >= 11 is 0. The number of carbonyl (C=O) groups is 6. The van der Waals surface area contributed by atoms with Crippen molar-refractivity contribution in [3.8, 4) is 11.3 Å². The van der Waals surface area contributed by atoms with E-state index in [-0.39, 0.29) is 85.4 Å². The Morgan fingerprint density at radius 2 is 1.53 bits per heavy atom. The number of aryl methyl sites for hydroxylation is 1. The fourth-order valence-electron chi connectivity index (χ4n) is 8.45. The molecule has 0 bridgehead atoms. The van der Waals surface area contributed by atoms with Crippen molar-refractivity contribution in [2.45, 2.75) is 77.7 Å². The molecule has 1 radical (unpaired) electrons. The number of carbonyl (C=O) groups excluding carboxylic acids is 6. The van der Waals surface area contributed by atoms with Gasteiger partial charge in [0, 0.05) is 107 Å². The maximum Gasteiger partial charge on any atom is 0.272 e. The molecular weight excluding hydrogens is 936 g/mol. The van der Waals surface area contributed by atoms with Crippen LogP contribution in [0.4, 0.5) is 5.69 Å². The van der Waals surface area contributed by atoms with E-state index < -0.39 is 23.8 Å². The van der Waals surface area contributed by atoms with E-state index in [1.165, 1.54) is 17.7 Å². The molecule has 68 heavy (non-hydrogen) atoms. The summed E-state index contributed by atoms with van der Waals surface area (Å²) in [6.45, 7) is 16.6. The molecule has 4 heterocycles. The molecule has 5 aromatic rings. The number of benzene rings is 4. The molecule has 1 aromatic heterocycles. The van der Waals surface area contributed by atoms with Crippen molar-refractivity contribution in [2.24, 2.45) is 7.05 Å². The van der Waals surface area contributed by atoms with E-state index in [4.69, 9.17) is 4.98 Å². The number of hydrogen-bond donors (Lipinski definition) is 2. The van der Waals surface area contributed by atoms with E-state index in [9.17, 15) is 33.6 Å². The van der Waals surface area contributed by atoms with E-state index in [2.05, 4.69) is 49.3 Å². The number of fused-ring (bicyclic) bond motifs is 1. The number of rotatable bonds is 11. The van der Waals surface area contributed by atoms with Gasteiger partial charge in [0.15, 0.2) is 5.91 Å². The molecule has 2 saturated heterocycles. The Balaban J connectivity index is 0.000000316. The van der Waals surface area contributed by atoms with E-state index in [1.807, 2.05) is 78.6 Å². The molecular formula is C53H57N7O7Y-2. The Kier molecular flexibility index (Phi) is 17.0. The number of nitrogens with one attached hydrogen (secondary N) is 2. The zero-order valence-electron chi connectivity index (χ0n) is 39.4. The predicted molar refractivity (Wildman–Crippen MR) is 255 cm³/mol. The molecule has 0 saturated carbocycles. The van der Waals surface area contributed by atoms with Gasteiger partial charge in [0.2, 0.25) is 17.7 Å². The Morgan fingerprint density at radius 3 is 2.18 bits per heavy atom. The third-order valence-corrected chi connectivity index (χ3v) is 12.5. The van der Waals surface area contributed by atoms with E-state index >= 15 is 0 Å². The van der Waals surface area contributed by atoms with E-state index in [1.54, 1.807) is 23.9 Å². The van der Waals surface area contributed by atoms with Crippen molar-refractivity contribution in [2.75, 3.05) is 38.0 Å². The van der Waals surface area contributed by atoms with Crippen LogP contribution in [0.1, 0.15) is 117 Å². The van der Waals surface area contributed by atoms with Crippen LogP contribution in [-0.4, -0.2) is 98.5 Å². The fourth-order valence-corrected chi connectivity index (χ4v) is 8.45. The topological polar surface area (TPSA) is 171 Å². The van der Waals surface area contributed by atoms with Gasteiger partial charge in [-0.3, -0.25) is 39.0 Å². The summed E-state index contributed by atoms with van der Waals surface area (Å²) < 4.78 is 1.55. The van der Waals surface area contributed by atoms with Crippen LogP contribution in [0.25, 0.3) is 11.3 Å². The summed E-state index contributed by atoms with van der Waals surface area (Å²) in [5, 5.41) is 5.19. The van der Waals surface area contributed by atoms with Crippen LogP contribution in [-0.2, 0) is 61.2 Å². The molecule has 2 N–H and O–H groups in total. The second-order valence-electron chi connectivity index (χ2n) is 18.2. The van der Waals surface area contributed by atoms with E-state index in [0.717, 1.165) is 73.6 Å². The molecule has 15 heteroatoms. The molecule has 4 aromatic carbocycles. The molecule has 3 aliphatic rings. The summed E-state index contributed by atoms with van der Waals surface area (Å²) in [6, 6.07) is 27.4. The number of unbranched alkanes of at least 4 members (excludes halogenated alkanes) is 2. The predicted octanol–water partition coefficient (Wildman–Crippen LogP) is 6.54. The van der Waals surface area contributed by atoms with Gasteiger partial charge >= 0.3 is 0 Å². The number of aromatic nitrogens is 2. The van der Waals surface area contributed by atoms with Crippen molar-refractivity contribution in [1.29, 1.82) is 0 Å². The molecule has 1 atom stereocenters. The van der Waals surface area contributed by atoms with Gasteiger partial charge in [-0.1, -0.05) is 69.2 Å². The van der Waals surface area contributed by atoms with Crippen molar-refractivity contribution < 1.29 is 61.5 Å². The van der Waals surface area contributed by atoms with Crippen molar-refractivity contribution in [3.05, 3.63) is 159 Å². The van der Waals surface area contributed by atoms with Crippen LogP contribution in [0, 0.1) is 19.9 Å². The minimum atomic E-state index is -0.918. The SMILES string of the molecule is O=C1CCC(N2C(=O)c3[c-]cccc3C2=O)C(=O)N1.[CH2-]CCCCN1CCN(C(=O)c2ccc(Cc3nc(-c4cccc(NC(=O)c5ccc(C(C)(C)C)cc5)c4C)cn(C)c3=O)cc2)CC1.[Y]. The number of amides is 6. The Hall–Kier alpha value is -5.96. The Morgan fingerprint density at radius 1 is 0.853 bits per heavy atom. The molecule has 1 unspecified atom stereocenters. The molecule has 0 spiro atoms. The molecule has 351 valence electrons. The van der Waals surface area contributed by atoms with Crippen molar-refractivity contribution in [1.82, 2.24) is 29.6 Å². The summed E-state index contributed by atoms with van der Waals surface area (Å²) in [6.07, 6.45) is 5.60. The monoisotopic (exact) mass is 992 g/mol. The minimum absolute atomic E-state index is 0. The van der Waals surface area contributed by atoms with Gasteiger partial charge in [-0.25, -0.2) is 4.98 Å². The molecule has 8 rings (SSSR count). The molecule has 6 amide bonds. The Labute approximate surface area is 422 Å².